The number of benzene rings is 1. The fourth-order valence-corrected chi connectivity index (χ4v) is 3.87. The zero-order chi connectivity index (χ0) is 12.4. The van der Waals surface area contributed by atoms with Crippen molar-refractivity contribution in [3.8, 4) is 11.5 Å². The highest BCUT2D eigenvalue weighted by molar-refractivity contribution is 7.99. The van der Waals surface area contributed by atoms with Gasteiger partial charge in [0.05, 0.1) is 0 Å². The molecule has 0 saturated heterocycles. The fraction of sp³-hybridized carbons (Fsp3) is 0.571. The molecule has 4 heteroatoms. The van der Waals surface area contributed by atoms with E-state index in [9.17, 15) is 0 Å². The Bertz CT molecular complexity index is 430. The maximum atomic E-state index is 6.08. The smallest absolute Gasteiger partial charge is 0.163 e. The molecular formula is C14H19NO2S. The molecule has 3 rings (SSSR count). The van der Waals surface area contributed by atoms with Crippen LogP contribution in [0.3, 0.4) is 0 Å². The van der Waals surface area contributed by atoms with Gasteiger partial charge in [-0.05, 0) is 24.5 Å². The summed E-state index contributed by atoms with van der Waals surface area (Å²) in [4.78, 5) is 0. The minimum Gasteiger partial charge on any atom is -0.486 e. The molecule has 1 aliphatic carbocycles. The molecule has 0 bridgehead atoms. The number of nitrogens with two attached hydrogens (primary N) is 1. The predicted octanol–water partition coefficient (Wildman–Crippen LogP) is 3.22. The highest BCUT2D eigenvalue weighted by Gasteiger charge is 2.18. The molecule has 98 valence electrons. The summed E-state index contributed by atoms with van der Waals surface area (Å²) >= 11 is 2.03. The van der Waals surface area contributed by atoms with E-state index >= 15 is 0 Å². The summed E-state index contributed by atoms with van der Waals surface area (Å²) < 4.78 is 11.1. The van der Waals surface area contributed by atoms with E-state index < -0.39 is 0 Å². The maximum absolute atomic E-state index is 6.08. The van der Waals surface area contributed by atoms with Crippen LogP contribution >= 0.6 is 11.8 Å². The highest BCUT2D eigenvalue weighted by Crippen LogP contribution is 2.38. The van der Waals surface area contributed by atoms with Gasteiger partial charge in [-0.25, -0.2) is 0 Å². The molecule has 0 aromatic heterocycles. The number of nitrogen functional groups attached to an aromatic ring is 1. The Balaban J connectivity index is 1.70. The molecule has 0 radical (unpaired) electrons. The Hall–Kier alpha value is -1.03. The van der Waals surface area contributed by atoms with E-state index in [0.717, 1.165) is 28.2 Å². The van der Waals surface area contributed by atoms with Crippen LogP contribution in [0.15, 0.2) is 12.1 Å². The lowest BCUT2D eigenvalue weighted by Crippen LogP contribution is -2.16. The fourth-order valence-electron chi connectivity index (χ4n) is 2.53. The first kappa shape index (κ1) is 12.0. The van der Waals surface area contributed by atoms with Gasteiger partial charge in [-0.15, -0.1) is 0 Å². The van der Waals surface area contributed by atoms with Gasteiger partial charge < -0.3 is 15.2 Å². The first-order valence-corrected chi connectivity index (χ1v) is 7.67. The lowest BCUT2D eigenvalue weighted by molar-refractivity contribution is 0.171. The summed E-state index contributed by atoms with van der Waals surface area (Å²) in [5.41, 5.74) is 8.08. The summed E-state index contributed by atoms with van der Waals surface area (Å²) in [6.07, 6.45) is 5.48. The van der Waals surface area contributed by atoms with Crippen LogP contribution in [-0.2, 0) is 5.75 Å². The second kappa shape index (κ2) is 5.31. The molecule has 1 aromatic carbocycles. The van der Waals surface area contributed by atoms with Gasteiger partial charge in [0, 0.05) is 22.8 Å². The molecule has 3 nitrogen and oxygen atoms in total. The number of hydrogen-bond acceptors (Lipinski definition) is 4. The molecule has 18 heavy (non-hydrogen) atoms. The van der Waals surface area contributed by atoms with Crippen molar-refractivity contribution >= 4 is 17.4 Å². The molecule has 2 N–H and O–H groups in total. The van der Waals surface area contributed by atoms with Crippen molar-refractivity contribution in [1.82, 2.24) is 0 Å². The van der Waals surface area contributed by atoms with Crippen molar-refractivity contribution < 1.29 is 9.47 Å². The summed E-state index contributed by atoms with van der Waals surface area (Å²) in [6.45, 7) is 1.24. The Morgan fingerprint density at radius 1 is 1.11 bits per heavy atom. The normalized spacial score (nSPS) is 19.1. The number of hydrogen-bond donors (Lipinski definition) is 1. The van der Waals surface area contributed by atoms with Gasteiger partial charge in [0.1, 0.15) is 13.2 Å². The molecule has 1 saturated carbocycles. The summed E-state index contributed by atoms with van der Waals surface area (Å²) in [5, 5.41) is 0.817. The first-order chi connectivity index (χ1) is 8.83. The molecule has 0 unspecified atom stereocenters. The summed E-state index contributed by atoms with van der Waals surface area (Å²) in [6, 6.07) is 3.95. The number of fused-ring (bicyclic) bond motifs is 1. The number of thioether (sulfide) groups is 1. The standard InChI is InChI=1S/C14H19NO2S/c15-12-8-14-13(16-5-6-17-14)7-10(12)9-18-11-3-1-2-4-11/h7-8,11H,1-6,9,15H2. The highest BCUT2D eigenvalue weighted by atomic mass is 32.2. The Kier molecular flexibility index (Phi) is 3.55. The van der Waals surface area contributed by atoms with Crippen LogP contribution in [0.25, 0.3) is 0 Å². The molecule has 1 aliphatic heterocycles. The Morgan fingerprint density at radius 3 is 2.50 bits per heavy atom. The number of rotatable bonds is 3. The maximum Gasteiger partial charge on any atom is 0.163 e. The second-order valence-electron chi connectivity index (χ2n) is 4.91. The van der Waals surface area contributed by atoms with Crippen molar-refractivity contribution in [2.75, 3.05) is 18.9 Å². The minimum absolute atomic E-state index is 0.614. The topological polar surface area (TPSA) is 44.5 Å². The average molecular weight is 265 g/mol. The molecule has 1 heterocycles. The Labute approximate surface area is 112 Å². The predicted molar refractivity (Wildman–Crippen MR) is 75.4 cm³/mol. The van der Waals surface area contributed by atoms with Crippen molar-refractivity contribution in [3.05, 3.63) is 17.7 Å². The molecule has 0 atom stereocenters. The Morgan fingerprint density at radius 2 is 1.78 bits per heavy atom. The van der Waals surface area contributed by atoms with Crippen LogP contribution in [0, 0.1) is 0 Å². The van der Waals surface area contributed by atoms with Crippen molar-refractivity contribution in [2.45, 2.75) is 36.7 Å². The van der Waals surface area contributed by atoms with Gasteiger partial charge in [0.25, 0.3) is 0 Å². The van der Waals surface area contributed by atoms with Crippen LogP contribution in [0.5, 0.6) is 11.5 Å². The zero-order valence-corrected chi connectivity index (χ0v) is 11.3. The molecule has 0 amide bonds. The summed E-state index contributed by atoms with van der Waals surface area (Å²) in [5.74, 6) is 2.61. The van der Waals surface area contributed by atoms with Crippen LogP contribution in [0.4, 0.5) is 5.69 Å². The quantitative estimate of drug-likeness (QED) is 0.852. The second-order valence-corrected chi connectivity index (χ2v) is 6.20. The van der Waals surface area contributed by atoms with Crippen molar-refractivity contribution in [1.29, 1.82) is 0 Å². The third-order valence-corrected chi connectivity index (χ3v) is 5.00. The lowest BCUT2D eigenvalue weighted by atomic mass is 10.2. The van der Waals surface area contributed by atoms with Gasteiger partial charge in [0.2, 0.25) is 0 Å². The van der Waals surface area contributed by atoms with Crippen LogP contribution in [-0.4, -0.2) is 18.5 Å². The number of ether oxygens (including phenoxy) is 2. The zero-order valence-electron chi connectivity index (χ0n) is 10.5. The third-order valence-electron chi connectivity index (χ3n) is 3.58. The third kappa shape index (κ3) is 2.53. The van der Waals surface area contributed by atoms with E-state index in [1.165, 1.54) is 31.2 Å². The van der Waals surface area contributed by atoms with Crippen LogP contribution in [0.1, 0.15) is 31.2 Å². The number of anilines is 1. The summed E-state index contributed by atoms with van der Waals surface area (Å²) in [7, 11) is 0. The molecular weight excluding hydrogens is 246 g/mol. The van der Waals surface area contributed by atoms with Gasteiger partial charge in [-0.3, -0.25) is 0 Å². The van der Waals surface area contributed by atoms with E-state index in [1.54, 1.807) is 0 Å². The minimum atomic E-state index is 0.614. The van der Waals surface area contributed by atoms with Gasteiger partial charge in [-0.2, -0.15) is 11.8 Å². The average Bonchev–Trinajstić information content (AvgIpc) is 2.89. The molecule has 0 spiro atoms. The largest absolute Gasteiger partial charge is 0.486 e. The van der Waals surface area contributed by atoms with Gasteiger partial charge >= 0.3 is 0 Å². The molecule has 1 fully saturated rings. The SMILES string of the molecule is Nc1cc2c(cc1CSC1CCCC1)OCCO2. The van der Waals surface area contributed by atoms with Gasteiger partial charge in [-0.1, -0.05) is 12.8 Å². The van der Waals surface area contributed by atoms with Crippen molar-refractivity contribution in [2.24, 2.45) is 0 Å². The lowest BCUT2D eigenvalue weighted by Gasteiger charge is -2.20. The van der Waals surface area contributed by atoms with E-state index in [4.69, 9.17) is 15.2 Å². The van der Waals surface area contributed by atoms with E-state index in [1.807, 2.05) is 23.9 Å². The van der Waals surface area contributed by atoms with E-state index in [-0.39, 0.29) is 0 Å². The molecule has 1 aromatic rings. The monoisotopic (exact) mass is 265 g/mol. The van der Waals surface area contributed by atoms with Crippen LogP contribution < -0.4 is 15.2 Å². The van der Waals surface area contributed by atoms with E-state index in [2.05, 4.69) is 0 Å². The first-order valence-electron chi connectivity index (χ1n) is 6.62. The van der Waals surface area contributed by atoms with Crippen molar-refractivity contribution in [3.63, 3.8) is 0 Å². The molecule has 2 aliphatic rings. The van der Waals surface area contributed by atoms with Crippen LogP contribution in [0.2, 0.25) is 0 Å². The van der Waals surface area contributed by atoms with E-state index in [0.29, 0.717) is 13.2 Å². The van der Waals surface area contributed by atoms with Gasteiger partial charge in [0.15, 0.2) is 11.5 Å².